The zero-order valence-corrected chi connectivity index (χ0v) is 14.3. The van der Waals surface area contributed by atoms with Crippen LogP contribution in [0.3, 0.4) is 0 Å². The van der Waals surface area contributed by atoms with E-state index < -0.39 is 21.9 Å². The van der Waals surface area contributed by atoms with Crippen molar-refractivity contribution in [3.8, 4) is 22.4 Å². The van der Waals surface area contributed by atoms with Gasteiger partial charge < -0.3 is 0 Å². The summed E-state index contributed by atoms with van der Waals surface area (Å²) < 4.78 is 64.3. The van der Waals surface area contributed by atoms with E-state index in [1.807, 2.05) is 5.10 Å². The number of halogens is 3. The summed E-state index contributed by atoms with van der Waals surface area (Å²) in [6.45, 7) is 1.66. The monoisotopic (exact) mass is 381 g/mol. The van der Waals surface area contributed by atoms with E-state index in [-0.39, 0.29) is 21.7 Å². The smallest absolute Gasteiger partial charge is 0.272 e. The molecule has 3 aromatic rings. The average molecular weight is 381 g/mol. The van der Waals surface area contributed by atoms with Crippen molar-refractivity contribution in [2.24, 2.45) is 5.14 Å². The van der Waals surface area contributed by atoms with E-state index in [2.05, 4.69) is 5.10 Å². The van der Waals surface area contributed by atoms with E-state index in [0.717, 1.165) is 0 Å². The van der Waals surface area contributed by atoms with Crippen LogP contribution in [0, 0.1) is 6.92 Å². The molecule has 3 rings (SSSR count). The Balaban J connectivity index is 2.40. The molecule has 1 aromatic heterocycles. The van der Waals surface area contributed by atoms with Crippen LogP contribution in [-0.4, -0.2) is 18.6 Å². The maximum absolute atomic E-state index is 13.5. The number of hydrogen-bond donors (Lipinski definition) is 2. The molecule has 5 nitrogen and oxygen atoms in total. The van der Waals surface area contributed by atoms with Crippen LogP contribution < -0.4 is 5.14 Å². The van der Waals surface area contributed by atoms with Crippen molar-refractivity contribution in [3.63, 3.8) is 0 Å². The molecule has 0 spiro atoms. The van der Waals surface area contributed by atoms with E-state index >= 15 is 0 Å². The molecule has 0 aliphatic rings. The first kappa shape index (κ1) is 18.2. The summed E-state index contributed by atoms with van der Waals surface area (Å²) >= 11 is 0. The molecule has 2 aromatic carbocycles. The highest BCUT2D eigenvalue weighted by Gasteiger charge is 2.38. The van der Waals surface area contributed by atoms with E-state index in [9.17, 15) is 21.6 Å². The molecule has 0 amide bonds. The van der Waals surface area contributed by atoms with Gasteiger partial charge in [0.15, 0.2) is 0 Å². The van der Waals surface area contributed by atoms with Crippen LogP contribution in [0.1, 0.15) is 11.3 Å². The first-order chi connectivity index (χ1) is 12.1. The lowest BCUT2D eigenvalue weighted by atomic mass is 9.95. The Morgan fingerprint density at radius 1 is 1.00 bits per heavy atom. The van der Waals surface area contributed by atoms with Gasteiger partial charge in [0.1, 0.15) is 11.4 Å². The molecule has 0 aliphatic heterocycles. The Kier molecular flexibility index (Phi) is 4.37. The number of nitrogens with one attached hydrogen (secondary N) is 1. The van der Waals surface area contributed by atoms with Crippen LogP contribution in [-0.2, 0) is 16.2 Å². The third-order valence-electron chi connectivity index (χ3n) is 3.91. The maximum Gasteiger partial charge on any atom is 0.433 e. The number of aryl methyl sites for hydroxylation is 1. The fraction of sp³-hybridized carbons (Fsp3) is 0.118. The molecule has 26 heavy (non-hydrogen) atoms. The van der Waals surface area contributed by atoms with Gasteiger partial charge in [-0.25, -0.2) is 13.6 Å². The van der Waals surface area contributed by atoms with Gasteiger partial charge in [-0.2, -0.15) is 18.3 Å². The third-order valence-corrected chi connectivity index (χ3v) is 4.88. The van der Waals surface area contributed by atoms with Crippen molar-refractivity contribution in [1.82, 2.24) is 10.2 Å². The van der Waals surface area contributed by atoms with Gasteiger partial charge in [0, 0.05) is 11.1 Å². The van der Waals surface area contributed by atoms with Gasteiger partial charge in [-0.15, -0.1) is 0 Å². The highest BCUT2D eigenvalue weighted by molar-refractivity contribution is 7.89. The minimum absolute atomic E-state index is 0.00000283. The lowest BCUT2D eigenvalue weighted by molar-refractivity contribution is -0.140. The van der Waals surface area contributed by atoms with Crippen molar-refractivity contribution < 1.29 is 21.6 Å². The van der Waals surface area contributed by atoms with Gasteiger partial charge in [-0.05, 0) is 24.1 Å². The Labute approximate surface area is 147 Å². The van der Waals surface area contributed by atoms with E-state index in [1.165, 1.54) is 30.3 Å². The number of nitrogens with two attached hydrogens (primary N) is 1. The molecule has 9 heteroatoms. The number of alkyl halides is 3. The second kappa shape index (κ2) is 6.26. The first-order valence-corrected chi connectivity index (χ1v) is 8.99. The number of sulfonamides is 1. The number of nitrogens with zero attached hydrogens (tertiary/aromatic N) is 1. The summed E-state index contributed by atoms with van der Waals surface area (Å²) in [5.74, 6) is 0. The number of aromatic amines is 1. The fourth-order valence-electron chi connectivity index (χ4n) is 2.77. The van der Waals surface area contributed by atoms with Crippen molar-refractivity contribution in [3.05, 3.63) is 59.8 Å². The zero-order valence-electron chi connectivity index (χ0n) is 13.5. The molecule has 0 saturated heterocycles. The summed E-state index contributed by atoms with van der Waals surface area (Å²) in [7, 11) is -4.15. The van der Waals surface area contributed by atoms with E-state index in [4.69, 9.17) is 5.14 Å². The first-order valence-electron chi connectivity index (χ1n) is 7.44. The molecule has 0 saturated carbocycles. The van der Waals surface area contributed by atoms with Crippen LogP contribution in [0.25, 0.3) is 22.4 Å². The van der Waals surface area contributed by atoms with Gasteiger partial charge in [0.2, 0.25) is 10.0 Å². The van der Waals surface area contributed by atoms with Crippen molar-refractivity contribution in [2.75, 3.05) is 0 Å². The Morgan fingerprint density at radius 2 is 1.58 bits per heavy atom. The molecule has 3 N–H and O–H groups in total. The largest absolute Gasteiger partial charge is 0.433 e. The molecule has 0 bridgehead atoms. The van der Waals surface area contributed by atoms with E-state index in [1.54, 1.807) is 25.1 Å². The van der Waals surface area contributed by atoms with Crippen molar-refractivity contribution in [1.29, 1.82) is 0 Å². The number of aromatic nitrogens is 2. The van der Waals surface area contributed by atoms with Gasteiger partial charge >= 0.3 is 6.18 Å². The molecule has 0 unspecified atom stereocenters. The molecule has 0 radical (unpaired) electrons. The highest BCUT2D eigenvalue weighted by atomic mass is 32.2. The minimum atomic E-state index is -4.70. The summed E-state index contributed by atoms with van der Waals surface area (Å²) in [6, 6.07) is 12.0. The normalized spacial score (nSPS) is 12.3. The number of hydrogen-bond acceptors (Lipinski definition) is 3. The van der Waals surface area contributed by atoms with Gasteiger partial charge in [-0.3, -0.25) is 5.10 Å². The SMILES string of the molecule is Cc1ccccc1-c1c(-c2ccccc2S(N)(=O)=O)n[nH]c1C(F)(F)F. The second-order valence-corrected chi connectivity index (χ2v) is 7.21. The molecule has 1 heterocycles. The van der Waals surface area contributed by atoms with E-state index in [0.29, 0.717) is 11.1 Å². The van der Waals surface area contributed by atoms with Crippen molar-refractivity contribution in [2.45, 2.75) is 18.0 Å². The minimum Gasteiger partial charge on any atom is -0.272 e. The molecule has 136 valence electrons. The fourth-order valence-corrected chi connectivity index (χ4v) is 3.51. The van der Waals surface area contributed by atoms with Gasteiger partial charge in [-0.1, -0.05) is 42.5 Å². The number of primary sulfonamides is 1. The molecule has 0 fully saturated rings. The van der Waals surface area contributed by atoms with Gasteiger partial charge in [0.05, 0.1) is 4.90 Å². The zero-order chi connectivity index (χ0) is 19.1. The summed E-state index contributed by atoms with van der Waals surface area (Å²) in [4.78, 5) is -0.296. The number of rotatable bonds is 3. The lowest BCUT2D eigenvalue weighted by Crippen LogP contribution is -2.13. The number of benzene rings is 2. The lowest BCUT2D eigenvalue weighted by Gasteiger charge is -2.12. The predicted octanol–water partition coefficient (Wildman–Crippen LogP) is 3.72. The highest BCUT2D eigenvalue weighted by Crippen LogP contribution is 2.43. The quantitative estimate of drug-likeness (QED) is 0.725. The van der Waals surface area contributed by atoms with Crippen LogP contribution >= 0.6 is 0 Å². The number of H-pyrrole nitrogens is 1. The van der Waals surface area contributed by atoms with Crippen LogP contribution in [0.4, 0.5) is 13.2 Å². The standard InChI is InChI=1S/C17H14F3N3O2S/c1-10-6-2-3-7-11(10)14-15(22-23-16(14)17(18,19)20)12-8-4-5-9-13(12)26(21,24)25/h2-9H,1H3,(H,22,23)(H2,21,24,25). The van der Waals surface area contributed by atoms with Gasteiger partial charge in [0.25, 0.3) is 0 Å². The molecular formula is C17H14F3N3O2S. The topological polar surface area (TPSA) is 88.8 Å². The van der Waals surface area contributed by atoms with Crippen LogP contribution in [0.5, 0.6) is 0 Å². The Hall–Kier alpha value is -2.65. The maximum atomic E-state index is 13.5. The van der Waals surface area contributed by atoms with Crippen LogP contribution in [0.2, 0.25) is 0 Å². The Morgan fingerprint density at radius 3 is 2.15 bits per heavy atom. The third kappa shape index (κ3) is 3.23. The summed E-state index contributed by atoms with van der Waals surface area (Å²) in [6.07, 6.45) is -4.70. The van der Waals surface area contributed by atoms with Crippen LogP contribution in [0.15, 0.2) is 53.4 Å². The molecule has 0 aliphatic carbocycles. The molecule has 0 atom stereocenters. The Bertz CT molecular complexity index is 1070. The summed E-state index contributed by atoms with van der Waals surface area (Å²) in [5, 5.41) is 11.0. The van der Waals surface area contributed by atoms with Crippen molar-refractivity contribution >= 4 is 10.0 Å². The predicted molar refractivity (Wildman–Crippen MR) is 90.6 cm³/mol. The summed E-state index contributed by atoms with van der Waals surface area (Å²) in [5.41, 5.74) is -0.504. The molecular weight excluding hydrogens is 367 g/mol. The second-order valence-electron chi connectivity index (χ2n) is 5.68. The average Bonchev–Trinajstić information content (AvgIpc) is 2.99.